The fraction of sp³-hybridized carbons (Fsp3) is 0.526. The van der Waals surface area contributed by atoms with Gasteiger partial charge in [-0.15, -0.1) is 0 Å². The molecular formula is C19H27ClN2O5. The van der Waals surface area contributed by atoms with Gasteiger partial charge in [-0.2, -0.15) is 0 Å². The lowest BCUT2D eigenvalue weighted by atomic mass is 9.98. The number of nitrogens with two attached hydrogens (primary N) is 1. The van der Waals surface area contributed by atoms with E-state index in [9.17, 15) is 14.4 Å². The number of esters is 1. The molecule has 0 aliphatic rings. The van der Waals surface area contributed by atoms with Gasteiger partial charge in [-0.05, 0) is 37.5 Å². The summed E-state index contributed by atoms with van der Waals surface area (Å²) in [7, 11) is 1.24. The molecule has 2 amide bonds. The Hall–Kier alpha value is -2.12. The second kappa shape index (κ2) is 10.3. The van der Waals surface area contributed by atoms with Gasteiger partial charge in [0.05, 0.1) is 31.7 Å². The van der Waals surface area contributed by atoms with Crippen molar-refractivity contribution in [2.75, 3.05) is 7.11 Å². The topological polar surface area (TPSA) is 98.9 Å². The molecule has 7 nitrogen and oxygen atoms in total. The van der Waals surface area contributed by atoms with Gasteiger partial charge in [-0.3, -0.25) is 9.59 Å². The summed E-state index contributed by atoms with van der Waals surface area (Å²) in [4.78, 5) is 38.6. The third kappa shape index (κ3) is 6.52. The lowest BCUT2D eigenvalue weighted by molar-refractivity contribution is -0.143. The Morgan fingerprint density at radius 2 is 1.67 bits per heavy atom. The minimum absolute atomic E-state index is 0.212. The number of nitrogens with zero attached hydrogens (tertiary/aromatic N) is 1. The van der Waals surface area contributed by atoms with E-state index in [4.69, 9.17) is 26.8 Å². The van der Waals surface area contributed by atoms with Crippen LogP contribution in [0.2, 0.25) is 5.02 Å². The molecule has 0 spiro atoms. The summed E-state index contributed by atoms with van der Waals surface area (Å²) in [5.74, 6) is -1.42. The highest BCUT2D eigenvalue weighted by atomic mass is 35.5. The van der Waals surface area contributed by atoms with Crippen LogP contribution in [0.1, 0.15) is 45.7 Å². The van der Waals surface area contributed by atoms with Gasteiger partial charge in [0, 0.05) is 5.02 Å². The Bertz CT molecular complexity index is 661. The van der Waals surface area contributed by atoms with Gasteiger partial charge in [0.25, 0.3) is 0 Å². The molecule has 1 rings (SSSR count). The molecule has 0 saturated heterocycles. The zero-order valence-electron chi connectivity index (χ0n) is 16.3. The van der Waals surface area contributed by atoms with E-state index in [1.807, 2.05) is 0 Å². The first-order valence-corrected chi connectivity index (χ1v) is 9.07. The summed E-state index contributed by atoms with van der Waals surface area (Å²) < 4.78 is 9.98. The Labute approximate surface area is 164 Å². The number of carbonyl (C=O) groups is 3. The number of methoxy groups -OCH3 is 1. The normalized spacial score (nSPS) is 13.2. The molecule has 0 unspecified atom stereocenters. The van der Waals surface area contributed by atoms with Crippen molar-refractivity contribution in [2.24, 2.45) is 11.7 Å². The molecule has 27 heavy (non-hydrogen) atoms. The standard InChI is InChI=1S/C19H27ClN2O5/c1-11(2)17(21)18(24)22(19(25)27-12(3)4)15(10-16(23)26-5)13-6-8-14(20)9-7-13/h6-9,11-12,15,17H,10,21H2,1-5H3/t15-,17-/m0/s1. The maximum absolute atomic E-state index is 13.0. The smallest absolute Gasteiger partial charge is 0.417 e. The molecule has 0 aromatic heterocycles. The monoisotopic (exact) mass is 398 g/mol. The molecule has 8 heteroatoms. The van der Waals surface area contributed by atoms with Crippen molar-refractivity contribution >= 4 is 29.6 Å². The number of hydrogen-bond acceptors (Lipinski definition) is 6. The highest BCUT2D eigenvalue weighted by molar-refractivity contribution is 6.30. The number of benzene rings is 1. The third-order valence-electron chi connectivity index (χ3n) is 3.93. The zero-order valence-corrected chi connectivity index (χ0v) is 17.0. The molecule has 1 aromatic rings. The highest BCUT2D eigenvalue weighted by Crippen LogP contribution is 2.28. The minimum Gasteiger partial charge on any atom is -0.469 e. The summed E-state index contributed by atoms with van der Waals surface area (Å²) in [6, 6.07) is 4.63. The Balaban J connectivity index is 3.41. The number of imide groups is 1. The van der Waals surface area contributed by atoms with Crippen LogP contribution in [0, 0.1) is 5.92 Å². The van der Waals surface area contributed by atoms with Crippen molar-refractivity contribution < 1.29 is 23.9 Å². The maximum Gasteiger partial charge on any atom is 0.417 e. The molecule has 0 saturated carbocycles. The van der Waals surface area contributed by atoms with E-state index in [1.165, 1.54) is 7.11 Å². The quantitative estimate of drug-likeness (QED) is 0.707. The SMILES string of the molecule is COC(=O)C[C@@H](c1ccc(Cl)cc1)N(C(=O)OC(C)C)C(=O)[C@@H](N)C(C)C. The van der Waals surface area contributed by atoms with Crippen LogP contribution in [0.4, 0.5) is 4.79 Å². The molecule has 0 radical (unpaired) electrons. The fourth-order valence-corrected chi connectivity index (χ4v) is 2.49. The van der Waals surface area contributed by atoms with Crippen LogP contribution in [0.5, 0.6) is 0 Å². The maximum atomic E-state index is 13.0. The van der Waals surface area contributed by atoms with Crippen molar-refractivity contribution in [1.82, 2.24) is 4.90 Å². The number of amides is 2. The van der Waals surface area contributed by atoms with Crippen LogP contribution in [0.15, 0.2) is 24.3 Å². The van der Waals surface area contributed by atoms with Crippen molar-refractivity contribution in [3.8, 4) is 0 Å². The molecule has 0 aliphatic heterocycles. The third-order valence-corrected chi connectivity index (χ3v) is 4.18. The number of hydrogen-bond donors (Lipinski definition) is 1. The first kappa shape index (κ1) is 22.9. The second-order valence-electron chi connectivity index (χ2n) is 6.76. The van der Waals surface area contributed by atoms with Gasteiger partial charge in [0.2, 0.25) is 5.91 Å². The zero-order chi connectivity index (χ0) is 20.7. The van der Waals surface area contributed by atoms with E-state index >= 15 is 0 Å². The van der Waals surface area contributed by atoms with E-state index in [0.717, 1.165) is 4.90 Å². The van der Waals surface area contributed by atoms with Crippen molar-refractivity contribution in [3.05, 3.63) is 34.9 Å². The van der Waals surface area contributed by atoms with Crippen LogP contribution in [0.3, 0.4) is 0 Å². The molecule has 0 fully saturated rings. The van der Waals surface area contributed by atoms with Crippen LogP contribution in [0.25, 0.3) is 0 Å². The van der Waals surface area contributed by atoms with Crippen LogP contribution < -0.4 is 5.73 Å². The van der Waals surface area contributed by atoms with Gasteiger partial charge in [-0.25, -0.2) is 9.69 Å². The van der Waals surface area contributed by atoms with Gasteiger partial charge in [0.15, 0.2) is 0 Å². The van der Waals surface area contributed by atoms with Gasteiger partial charge in [-0.1, -0.05) is 37.6 Å². The average Bonchev–Trinajstić information content (AvgIpc) is 2.60. The van der Waals surface area contributed by atoms with Gasteiger partial charge in [0.1, 0.15) is 0 Å². The summed E-state index contributed by atoms with van der Waals surface area (Å²) in [6.45, 7) is 6.87. The molecule has 0 heterocycles. The summed E-state index contributed by atoms with van der Waals surface area (Å²) in [5.41, 5.74) is 6.53. The number of rotatable bonds is 7. The van der Waals surface area contributed by atoms with E-state index in [-0.39, 0.29) is 12.3 Å². The predicted molar refractivity (Wildman–Crippen MR) is 102 cm³/mol. The van der Waals surface area contributed by atoms with E-state index in [1.54, 1.807) is 52.0 Å². The lowest BCUT2D eigenvalue weighted by Crippen LogP contribution is -2.51. The van der Waals surface area contributed by atoms with Gasteiger partial charge < -0.3 is 15.2 Å². The average molecular weight is 399 g/mol. The Kier molecular flexibility index (Phi) is 8.72. The summed E-state index contributed by atoms with van der Waals surface area (Å²) >= 11 is 5.93. The largest absolute Gasteiger partial charge is 0.469 e. The summed E-state index contributed by atoms with van der Waals surface area (Å²) in [6.07, 6.45) is -1.55. The van der Waals surface area contributed by atoms with Crippen molar-refractivity contribution in [1.29, 1.82) is 0 Å². The first-order chi connectivity index (χ1) is 12.6. The van der Waals surface area contributed by atoms with E-state index < -0.39 is 36.2 Å². The molecule has 0 bridgehead atoms. The molecule has 2 N–H and O–H groups in total. The molecule has 2 atom stereocenters. The summed E-state index contributed by atoms with van der Waals surface area (Å²) in [5, 5.41) is 0.483. The number of carbonyl (C=O) groups excluding carboxylic acids is 3. The number of ether oxygens (including phenoxy) is 2. The van der Waals surface area contributed by atoms with Crippen molar-refractivity contribution in [3.63, 3.8) is 0 Å². The molecule has 0 aliphatic carbocycles. The molecule has 150 valence electrons. The first-order valence-electron chi connectivity index (χ1n) is 8.70. The molecular weight excluding hydrogens is 372 g/mol. The van der Waals surface area contributed by atoms with E-state index in [0.29, 0.717) is 10.6 Å². The van der Waals surface area contributed by atoms with Crippen LogP contribution in [-0.2, 0) is 19.1 Å². The van der Waals surface area contributed by atoms with E-state index in [2.05, 4.69) is 0 Å². The van der Waals surface area contributed by atoms with Crippen molar-refractivity contribution in [2.45, 2.75) is 52.3 Å². The van der Waals surface area contributed by atoms with Crippen LogP contribution >= 0.6 is 11.6 Å². The second-order valence-corrected chi connectivity index (χ2v) is 7.19. The lowest BCUT2D eigenvalue weighted by Gasteiger charge is -2.32. The highest BCUT2D eigenvalue weighted by Gasteiger charge is 2.37. The predicted octanol–water partition coefficient (Wildman–Crippen LogP) is 3.30. The Morgan fingerprint density at radius 3 is 2.11 bits per heavy atom. The van der Waals surface area contributed by atoms with Gasteiger partial charge >= 0.3 is 12.1 Å². The molecule has 1 aromatic carbocycles. The number of halogens is 1. The van der Waals surface area contributed by atoms with Crippen LogP contribution in [-0.4, -0.2) is 42.1 Å². The minimum atomic E-state index is -0.933. The fourth-order valence-electron chi connectivity index (χ4n) is 2.36. The Morgan fingerprint density at radius 1 is 1.11 bits per heavy atom.